The first kappa shape index (κ1) is 29.4. The van der Waals surface area contributed by atoms with Gasteiger partial charge >= 0.3 is 0 Å². The molecular formula is C20H33Cl2N3O4. The van der Waals surface area contributed by atoms with Gasteiger partial charge in [0.1, 0.15) is 6.04 Å². The van der Waals surface area contributed by atoms with Crippen molar-refractivity contribution in [3.05, 3.63) is 33.8 Å². The largest absolute Gasteiger partial charge is 0.391 e. The van der Waals surface area contributed by atoms with E-state index in [-0.39, 0.29) is 30.2 Å². The molecule has 3 atom stereocenters. The molecule has 0 bridgehead atoms. The second kappa shape index (κ2) is 16.0. The van der Waals surface area contributed by atoms with Crippen LogP contribution < -0.4 is 16.4 Å². The van der Waals surface area contributed by atoms with Crippen molar-refractivity contribution >= 4 is 41.4 Å². The van der Waals surface area contributed by atoms with Crippen LogP contribution >= 0.6 is 23.2 Å². The van der Waals surface area contributed by atoms with E-state index >= 15 is 0 Å². The van der Waals surface area contributed by atoms with Crippen LogP contribution in [0.1, 0.15) is 46.6 Å². The van der Waals surface area contributed by atoms with Gasteiger partial charge in [-0.3, -0.25) is 14.4 Å². The summed E-state index contributed by atoms with van der Waals surface area (Å²) < 4.78 is 0. The van der Waals surface area contributed by atoms with Crippen molar-refractivity contribution in [3.8, 4) is 0 Å². The molecule has 5 N–H and O–H groups in total. The maximum Gasteiger partial charge on any atom is 0.243 e. The standard InChI is InChI=1S/C12H24N2O3.C7H6Cl2.CH3NO/c1-6-10(16)14-11(7(2)3)12(17)13-8(4)9(5)15;1-5-2-3-6(8)7(9)4-5;2-1-3/h7-9,11,15H,6H2,1-5H3,(H,13,17)(H,14,16);2-4H,1H3;1H,(H2,2,3). The van der Waals surface area contributed by atoms with Crippen LogP contribution in [0.2, 0.25) is 10.0 Å². The number of halogens is 2. The minimum absolute atomic E-state index is 0.00620. The van der Waals surface area contributed by atoms with Gasteiger partial charge in [0.05, 0.1) is 22.2 Å². The summed E-state index contributed by atoms with van der Waals surface area (Å²) in [6.07, 6.45) is -0.0173. The third kappa shape index (κ3) is 13.9. The molecule has 0 spiro atoms. The fourth-order valence-corrected chi connectivity index (χ4v) is 2.20. The van der Waals surface area contributed by atoms with Crippen molar-refractivity contribution in [2.45, 2.75) is 66.2 Å². The molecule has 0 heterocycles. The number of hydrogen-bond acceptors (Lipinski definition) is 4. The molecule has 0 aliphatic carbocycles. The number of aliphatic hydroxyl groups excluding tert-OH is 1. The number of hydrogen-bond donors (Lipinski definition) is 4. The summed E-state index contributed by atoms with van der Waals surface area (Å²) in [6, 6.07) is 4.67. The molecule has 0 aliphatic rings. The second-order valence-corrected chi connectivity index (χ2v) is 7.55. The van der Waals surface area contributed by atoms with E-state index in [0.29, 0.717) is 16.5 Å². The highest BCUT2D eigenvalue weighted by Gasteiger charge is 2.25. The zero-order chi connectivity index (χ0) is 23.1. The van der Waals surface area contributed by atoms with Crippen molar-refractivity contribution in [2.75, 3.05) is 0 Å². The Bertz CT molecular complexity index is 640. The van der Waals surface area contributed by atoms with Crippen LogP contribution in [-0.2, 0) is 14.4 Å². The summed E-state index contributed by atoms with van der Waals surface area (Å²) in [5, 5.41) is 15.9. The lowest BCUT2D eigenvalue weighted by molar-refractivity contribution is -0.130. The van der Waals surface area contributed by atoms with Gasteiger partial charge in [-0.2, -0.15) is 0 Å². The average Bonchev–Trinajstić information content (AvgIpc) is 2.63. The van der Waals surface area contributed by atoms with Gasteiger partial charge in [-0.25, -0.2) is 0 Å². The van der Waals surface area contributed by atoms with Crippen molar-refractivity contribution in [2.24, 2.45) is 11.7 Å². The van der Waals surface area contributed by atoms with Crippen molar-refractivity contribution < 1.29 is 19.5 Å². The number of rotatable bonds is 6. The van der Waals surface area contributed by atoms with E-state index in [1.54, 1.807) is 26.8 Å². The molecule has 0 saturated carbocycles. The number of nitrogens with two attached hydrogens (primary N) is 1. The highest BCUT2D eigenvalue weighted by molar-refractivity contribution is 6.42. The smallest absolute Gasteiger partial charge is 0.243 e. The SMILES string of the molecule is CCC(=O)NC(C(=O)NC(C)C(C)O)C(C)C.Cc1ccc(Cl)c(Cl)c1.NC=O. The van der Waals surface area contributed by atoms with Gasteiger partial charge in [0.2, 0.25) is 18.2 Å². The Morgan fingerprint density at radius 3 is 2.00 bits per heavy atom. The lowest BCUT2D eigenvalue weighted by Crippen LogP contribution is -2.53. The monoisotopic (exact) mass is 449 g/mol. The first-order valence-corrected chi connectivity index (χ1v) is 10.0. The number of carbonyl (C=O) groups is 3. The van der Waals surface area contributed by atoms with E-state index in [2.05, 4.69) is 16.4 Å². The topological polar surface area (TPSA) is 122 Å². The maximum absolute atomic E-state index is 11.9. The van der Waals surface area contributed by atoms with Crippen molar-refractivity contribution in [1.29, 1.82) is 0 Å². The first-order valence-electron chi connectivity index (χ1n) is 9.25. The number of nitrogens with one attached hydrogen (secondary N) is 2. The highest BCUT2D eigenvalue weighted by atomic mass is 35.5. The Morgan fingerprint density at radius 1 is 1.14 bits per heavy atom. The fourth-order valence-electron chi connectivity index (χ4n) is 1.85. The number of carbonyl (C=O) groups excluding carboxylic acids is 3. The molecule has 3 unspecified atom stereocenters. The summed E-state index contributed by atoms with van der Waals surface area (Å²) in [5.74, 6) is -0.398. The molecular weight excluding hydrogens is 417 g/mol. The van der Waals surface area contributed by atoms with Crippen molar-refractivity contribution in [3.63, 3.8) is 0 Å². The Kier molecular flexibility index (Phi) is 16.2. The van der Waals surface area contributed by atoms with E-state index in [1.807, 2.05) is 32.9 Å². The molecule has 166 valence electrons. The predicted molar refractivity (Wildman–Crippen MR) is 118 cm³/mol. The lowest BCUT2D eigenvalue weighted by atomic mass is 10.0. The third-order valence-corrected chi connectivity index (χ3v) is 4.49. The maximum atomic E-state index is 11.9. The summed E-state index contributed by atoms with van der Waals surface area (Å²) in [6.45, 7) is 10.8. The fraction of sp³-hybridized carbons (Fsp3) is 0.550. The molecule has 0 radical (unpaired) electrons. The van der Waals surface area contributed by atoms with Crippen LogP contribution in [-0.4, -0.2) is 41.5 Å². The van der Waals surface area contributed by atoms with Gasteiger partial charge in [0, 0.05) is 6.42 Å². The van der Waals surface area contributed by atoms with Gasteiger partial charge in [0.15, 0.2) is 0 Å². The number of primary amides is 1. The molecule has 1 rings (SSSR count). The van der Waals surface area contributed by atoms with Crippen LogP contribution in [0, 0.1) is 12.8 Å². The van der Waals surface area contributed by atoms with E-state index < -0.39 is 12.1 Å². The molecule has 0 aliphatic heterocycles. The van der Waals surface area contributed by atoms with Crippen LogP contribution in [0.15, 0.2) is 18.2 Å². The number of aliphatic hydroxyl groups is 1. The van der Waals surface area contributed by atoms with Crippen LogP contribution in [0.4, 0.5) is 0 Å². The summed E-state index contributed by atoms with van der Waals surface area (Å²) in [7, 11) is 0. The molecule has 9 heteroatoms. The molecule has 1 aromatic rings. The molecule has 7 nitrogen and oxygen atoms in total. The Hall–Kier alpha value is -1.83. The molecule has 3 amide bonds. The normalized spacial score (nSPS) is 12.9. The zero-order valence-electron chi connectivity index (χ0n) is 17.8. The number of benzene rings is 1. The van der Waals surface area contributed by atoms with Crippen LogP contribution in [0.25, 0.3) is 0 Å². The predicted octanol–water partition coefficient (Wildman–Crippen LogP) is 2.83. The van der Waals surface area contributed by atoms with E-state index in [1.165, 1.54) is 0 Å². The Balaban J connectivity index is 0. The Labute approximate surface area is 183 Å². The quantitative estimate of drug-likeness (QED) is 0.498. The minimum atomic E-state index is -0.617. The molecule has 0 aromatic heterocycles. The van der Waals surface area contributed by atoms with E-state index in [4.69, 9.17) is 28.0 Å². The van der Waals surface area contributed by atoms with Crippen LogP contribution in [0.3, 0.4) is 0 Å². The second-order valence-electron chi connectivity index (χ2n) is 6.73. The number of amides is 3. The lowest BCUT2D eigenvalue weighted by Gasteiger charge is -2.24. The van der Waals surface area contributed by atoms with Gasteiger partial charge in [-0.05, 0) is 44.4 Å². The molecule has 1 aromatic carbocycles. The summed E-state index contributed by atoms with van der Waals surface area (Å²) in [5.41, 5.74) is 5.30. The van der Waals surface area contributed by atoms with Crippen molar-refractivity contribution in [1.82, 2.24) is 10.6 Å². The first-order chi connectivity index (χ1) is 13.4. The summed E-state index contributed by atoms with van der Waals surface area (Å²) in [4.78, 5) is 31.8. The van der Waals surface area contributed by atoms with E-state index in [0.717, 1.165) is 5.56 Å². The zero-order valence-corrected chi connectivity index (χ0v) is 19.3. The van der Waals surface area contributed by atoms with Gasteiger partial charge < -0.3 is 21.5 Å². The van der Waals surface area contributed by atoms with Gasteiger partial charge in [0.25, 0.3) is 0 Å². The minimum Gasteiger partial charge on any atom is -0.391 e. The average molecular weight is 450 g/mol. The van der Waals surface area contributed by atoms with Gasteiger partial charge in [-0.15, -0.1) is 0 Å². The number of aryl methyl sites for hydroxylation is 1. The van der Waals surface area contributed by atoms with Gasteiger partial charge in [-0.1, -0.05) is 50.0 Å². The summed E-state index contributed by atoms with van der Waals surface area (Å²) >= 11 is 11.3. The Morgan fingerprint density at radius 2 is 1.66 bits per heavy atom. The molecule has 0 fully saturated rings. The van der Waals surface area contributed by atoms with Crippen LogP contribution in [0.5, 0.6) is 0 Å². The highest BCUT2D eigenvalue weighted by Crippen LogP contribution is 2.21. The molecule has 0 saturated heterocycles. The molecule has 29 heavy (non-hydrogen) atoms. The third-order valence-electron chi connectivity index (χ3n) is 3.76. The van der Waals surface area contributed by atoms with E-state index in [9.17, 15) is 14.7 Å².